The van der Waals surface area contributed by atoms with E-state index in [1.54, 1.807) is 11.3 Å². The van der Waals surface area contributed by atoms with Crippen molar-refractivity contribution < 1.29 is 4.74 Å². The van der Waals surface area contributed by atoms with E-state index in [2.05, 4.69) is 27.1 Å². The van der Waals surface area contributed by atoms with Gasteiger partial charge in [0, 0.05) is 49.1 Å². The van der Waals surface area contributed by atoms with E-state index in [-0.39, 0.29) is 0 Å². The van der Waals surface area contributed by atoms with Gasteiger partial charge in [0.25, 0.3) is 0 Å². The molecule has 4 rings (SSSR count). The summed E-state index contributed by atoms with van der Waals surface area (Å²) in [7, 11) is 0. The second-order valence-electron chi connectivity index (χ2n) is 6.45. The Morgan fingerprint density at radius 2 is 2.30 bits per heavy atom. The first-order chi connectivity index (χ1) is 11.3. The molecule has 23 heavy (non-hydrogen) atoms. The number of ether oxygens (including phenoxy) is 1. The second-order valence-corrected chi connectivity index (χ2v) is 7.39. The fourth-order valence-corrected chi connectivity index (χ4v) is 4.42. The van der Waals surface area contributed by atoms with Gasteiger partial charge in [-0.25, -0.2) is 9.97 Å². The molecule has 3 atom stereocenters. The predicted molar refractivity (Wildman–Crippen MR) is 91.6 cm³/mol. The number of likely N-dealkylation sites (tertiary alicyclic amines) is 1. The van der Waals surface area contributed by atoms with Gasteiger partial charge in [-0.05, 0) is 19.1 Å². The summed E-state index contributed by atoms with van der Waals surface area (Å²) in [6, 6.07) is 5.97. The first kappa shape index (κ1) is 15.1. The zero-order chi connectivity index (χ0) is 15.6. The van der Waals surface area contributed by atoms with E-state index >= 15 is 0 Å². The van der Waals surface area contributed by atoms with E-state index in [9.17, 15) is 0 Å². The van der Waals surface area contributed by atoms with Gasteiger partial charge in [0.1, 0.15) is 5.82 Å². The molecular weight excluding hydrogens is 308 g/mol. The molecule has 2 aromatic heterocycles. The maximum Gasteiger partial charge on any atom is 0.125 e. The van der Waals surface area contributed by atoms with Crippen molar-refractivity contribution in [2.75, 3.05) is 31.6 Å². The number of aromatic nitrogens is 2. The van der Waals surface area contributed by atoms with Crippen molar-refractivity contribution in [1.29, 1.82) is 0 Å². The van der Waals surface area contributed by atoms with Crippen LogP contribution in [-0.4, -0.2) is 47.2 Å². The van der Waals surface area contributed by atoms with Crippen molar-refractivity contribution in [1.82, 2.24) is 14.9 Å². The molecule has 2 aromatic rings. The van der Waals surface area contributed by atoms with Crippen LogP contribution in [-0.2, 0) is 11.3 Å². The zero-order valence-electron chi connectivity index (χ0n) is 13.3. The number of thiazole rings is 1. The number of nitrogens with zero attached hydrogens (tertiary/aromatic N) is 3. The molecule has 5 nitrogen and oxygen atoms in total. The van der Waals surface area contributed by atoms with Gasteiger partial charge in [0.2, 0.25) is 0 Å². The number of anilines is 1. The van der Waals surface area contributed by atoms with Crippen LogP contribution in [0.4, 0.5) is 5.82 Å². The summed E-state index contributed by atoms with van der Waals surface area (Å²) in [6.45, 7) is 7.07. The SMILES string of the molecule is Cc1ncsc1CN1C[C@H]2[C@H](CNc3ccccn3)CO[C@H]2C1. The van der Waals surface area contributed by atoms with Gasteiger partial charge >= 0.3 is 0 Å². The van der Waals surface area contributed by atoms with E-state index < -0.39 is 0 Å². The fourth-order valence-electron chi connectivity index (χ4n) is 3.60. The summed E-state index contributed by atoms with van der Waals surface area (Å²) in [5.74, 6) is 2.14. The number of aryl methyl sites for hydroxylation is 1. The summed E-state index contributed by atoms with van der Waals surface area (Å²) in [6.07, 6.45) is 2.21. The third-order valence-corrected chi connectivity index (χ3v) is 5.86. The van der Waals surface area contributed by atoms with Gasteiger partial charge < -0.3 is 10.1 Å². The Balaban J connectivity index is 1.33. The summed E-state index contributed by atoms with van der Waals surface area (Å²) >= 11 is 1.76. The molecule has 0 aromatic carbocycles. The van der Waals surface area contributed by atoms with Crippen LogP contribution in [0.1, 0.15) is 10.6 Å². The lowest BCUT2D eigenvalue weighted by molar-refractivity contribution is 0.0947. The van der Waals surface area contributed by atoms with Crippen LogP contribution in [0.15, 0.2) is 29.9 Å². The molecule has 2 aliphatic heterocycles. The number of hydrogen-bond acceptors (Lipinski definition) is 6. The van der Waals surface area contributed by atoms with Crippen LogP contribution in [0.3, 0.4) is 0 Å². The summed E-state index contributed by atoms with van der Waals surface area (Å²) in [5.41, 5.74) is 3.11. The minimum Gasteiger partial charge on any atom is -0.376 e. The van der Waals surface area contributed by atoms with Crippen LogP contribution in [0.25, 0.3) is 0 Å². The lowest BCUT2D eigenvalue weighted by atomic mass is 9.93. The number of rotatable bonds is 5. The lowest BCUT2D eigenvalue weighted by Crippen LogP contribution is -2.27. The minimum atomic E-state index is 0.388. The third kappa shape index (κ3) is 3.24. The molecule has 0 saturated carbocycles. The Labute approximate surface area is 140 Å². The van der Waals surface area contributed by atoms with Gasteiger partial charge in [-0.15, -0.1) is 11.3 Å². The molecule has 0 amide bonds. The minimum absolute atomic E-state index is 0.388. The van der Waals surface area contributed by atoms with Crippen molar-refractivity contribution in [2.24, 2.45) is 11.8 Å². The Morgan fingerprint density at radius 1 is 1.35 bits per heavy atom. The quantitative estimate of drug-likeness (QED) is 0.912. The predicted octanol–water partition coefficient (Wildman–Crippen LogP) is 2.41. The lowest BCUT2D eigenvalue weighted by Gasteiger charge is -2.19. The average molecular weight is 330 g/mol. The second kappa shape index (κ2) is 6.55. The van der Waals surface area contributed by atoms with Crippen LogP contribution in [0, 0.1) is 18.8 Å². The molecule has 122 valence electrons. The first-order valence-corrected chi connectivity index (χ1v) is 9.05. The normalized spacial score (nSPS) is 27.3. The van der Waals surface area contributed by atoms with Gasteiger partial charge in [-0.3, -0.25) is 4.90 Å². The van der Waals surface area contributed by atoms with Crippen molar-refractivity contribution in [3.05, 3.63) is 40.5 Å². The van der Waals surface area contributed by atoms with Gasteiger partial charge in [-0.1, -0.05) is 6.07 Å². The summed E-state index contributed by atoms with van der Waals surface area (Å²) in [4.78, 5) is 12.6. The highest BCUT2D eigenvalue weighted by Crippen LogP contribution is 2.34. The summed E-state index contributed by atoms with van der Waals surface area (Å²) in [5, 5.41) is 3.45. The van der Waals surface area contributed by atoms with Crippen LogP contribution < -0.4 is 5.32 Å². The average Bonchev–Trinajstić information content (AvgIpc) is 3.24. The molecule has 6 heteroatoms. The molecule has 2 fully saturated rings. The van der Waals surface area contributed by atoms with Crippen molar-refractivity contribution in [2.45, 2.75) is 19.6 Å². The van der Waals surface area contributed by atoms with Gasteiger partial charge in [0.15, 0.2) is 0 Å². The van der Waals surface area contributed by atoms with Crippen LogP contribution in [0.2, 0.25) is 0 Å². The molecule has 1 N–H and O–H groups in total. The molecule has 0 radical (unpaired) electrons. The largest absolute Gasteiger partial charge is 0.376 e. The molecule has 4 heterocycles. The molecule has 0 bridgehead atoms. The number of pyridine rings is 1. The monoisotopic (exact) mass is 330 g/mol. The maximum atomic E-state index is 6.04. The maximum absolute atomic E-state index is 6.04. The number of fused-ring (bicyclic) bond motifs is 1. The molecule has 0 spiro atoms. The number of nitrogens with one attached hydrogen (secondary N) is 1. The summed E-state index contributed by atoms with van der Waals surface area (Å²) < 4.78 is 6.04. The Kier molecular flexibility index (Phi) is 4.29. The van der Waals surface area contributed by atoms with Crippen molar-refractivity contribution in [3.63, 3.8) is 0 Å². The smallest absolute Gasteiger partial charge is 0.125 e. The fraction of sp³-hybridized carbons (Fsp3) is 0.529. The zero-order valence-corrected chi connectivity index (χ0v) is 14.1. The van der Waals surface area contributed by atoms with E-state index in [1.165, 1.54) is 10.6 Å². The topological polar surface area (TPSA) is 50.3 Å². The molecule has 0 unspecified atom stereocenters. The molecule has 2 aliphatic rings. The van der Waals surface area contributed by atoms with Gasteiger partial charge in [-0.2, -0.15) is 0 Å². The van der Waals surface area contributed by atoms with Crippen LogP contribution in [0.5, 0.6) is 0 Å². The van der Waals surface area contributed by atoms with E-state index in [0.717, 1.165) is 38.6 Å². The highest BCUT2D eigenvalue weighted by Gasteiger charge is 2.43. The van der Waals surface area contributed by atoms with Crippen molar-refractivity contribution in [3.8, 4) is 0 Å². The Hall–Kier alpha value is -1.50. The third-order valence-electron chi connectivity index (χ3n) is 4.94. The Bertz CT molecular complexity index is 647. The van der Waals surface area contributed by atoms with Gasteiger partial charge in [0.05, 0.1) is 23.9 Å². The molecule has 2 saturated heterocycles. The number of hydrogen-bond donors (Lipinski definition) is 1. The van der Waals surface area contributed by atoms with Crippen LogP contribution >= 0.6 is 11.3 Å². The van der Waals surface area contributed by atoms with E-state index in [4.69, 9.17) is 4.74 Å². The highest BCUT2D eigenvalue weighted by molar-refractivity contribution is 7.09. The molecular formula is C17H22N4OS. The first-order valence-electron chi connectivity index (χ1n) is 8.17. The standard InChI is InChI=1S/C17H22N4OS/c1-12-16(23-11-20-12)9-21-7-14-13(10-22-15(14)8-21)6-19-17-4-2-3-5-18-17/h2-5,11,13-15H,6-10H2,1H3,(H,18,19)/t13-,14+,15+/m1/s1. The van der Waals surface area contributed by atoms with E-state index in [0.29, 0.717) is 17.9 Å². The van der Waals surface area contributed by atoms with E-state index in [1.807, 2.05) is 29.9 Å². The Morgan fingerprint density at radius 3 is 3.09 bits per heavy atom. The highest BCUT2D eigenvalue weighted by atomic mass is 32.1. The van der Waals surface area contributed by atoms with Crippen molar-refractivity contribution >= 4 is 17.2 Å². The molecule has 0 aliphatic carbocycles.